The second kappa shape index (κ2) is 15.7. The van der Waals surface area contributed by atoms with E-state index in [1.807, 2.05) is 25.8 Å². The van der Waals surface area contributed by atoms with Crippen LogP contribution in [0.4, 0.5) is 0 Å². The van der Waals surface area contributed by atoms with Crippen LogP contribution in [0.5, 0.6) is 0 Å². The number of allylic oxidation sites excluding steroid dienone is 5. The first kappa shape index (κ1) is 38.4. The SMILES string of the molecule is CC(C)=CCCC(C)=CCCC(C)=CC[C@@]1(n2ccc(=O)[nH]c2=O)O[C@H](COP(=O)(O)OP(=O)(O)OP(=O)(O)O)[C@@H](O)[C@H]1O. The second-order valence-electron chi connectivity index (χ2n) is 10.5. The first-order chi connectivity index (χ1) is 20.2. The van der Waals surface area contributed by atoms with E-state index in [0.29, 0.717) is 12.8 Å². The van der Waals surface area contributed by atoms with Crippen molar-refractivity contribution in [3.8, 4) is 0 Å². The second-order valence-corrected chi connectivity index (χ2v) is 14.9. The maximum atomic E-state index is 12.7. The number of hydrogen-bond donors (Lipinski definition) is 7. The van der Waals surface area contributed by atoms with Crippen LogP contribution in [0.1, 0.15) is 59.8 Å². The van der Waals surface area contributed by atoms with Gasteiger partial charge < -0.3 is 34.5 Å². The average Bonchev–Trinajstić information content (AvgIpc) is 3.09. The molecule has 2 unspecified atom stereocenters. The molecule has 0 bridgehead atoms. The first-order valence-corrected chi connectivity index (χ1v) is 17.8. The molecule has 1 aromatic heterocycles. The Labute approximate surface area is 252 Å². The summed E-state index contributed by atoms with van der Waals surface area (Å²) in [6.07, 6.45) is 4.44. The predicted octanol–water partition coefficient (Wildman–Crippen LogP) is 2.46. The summed E-state index contributed by atoms with van der Waals surface area (Å²) in [5.41, 5.74) is -0.525. The maximum Gasteiger partial charge on any atom is 0.490 e. The highest BCUT2D eigenvalue weighted by atomic mass is 31.3. The van der Waals surface area contributed by atoms with Crippen molar-refractivity contribution >= 4 is 23.5 Å². The van der Waals surface area contributed by atoms with Gasteiger partial charge in [-0.05, 0) is 53.4 Å². The van der Waals surface area contributed by atoms with Gasteiger partial charge in [0.1, 0.15) is 18.3 Å². The summed E-state index contributed by atoms with van der Waals surface area (Å²) in [7, 11) is -17.0. The highest BCUT2D eigenvalue weighted by Gasteiger charge is 2.56. The van der Waals surface area contributed by atoms with E-state index in [9.17, 15) is 43.3 Å². The number of aliphatic hydroxyl groups is 2. The Balaban J connectivity index is 2.26. The van der Waals surface area contributed by atoms with Crippen LogP contribution in [0.15, 0.2) is 56.8 Å². The lowest BCUT2D eigenvalue weighted by atomic mass is 9.97. The van der Waals surface area contributed by atoms with Crippen LogP contribution in [0.25, 0.3) is 0 Å². The summed E-state index contributed by atoms with van der Waals surface area (Å²) in [4.78, 5) is 62.9. The summed E-state index contributed by atoms with van der Waals surface area (Å²) in [5, 5.41) is 21.8. The molecule has 1 aliphatic rings. The molecule has 0 radical (unpaired) electrons. The molecule has 17 nitrogen and oxygen atoms in total. The summed E-state index contributed by atoms with van der Waals surface area (Å²) in [5.74, 6) is 0. The van der Waals surface area contributed by atoms with Gasteiger partial charge in [-0.2, -0.15) is 8.62 Å². The van der Waals surface area contributed by atoms with Gasteiger partial charge in [0.25, 0.3) is 5.56 Å². The number of ether oxygens (including phenoxy) is 1. The van der Waals surface area contributed by atoms with Crippen LogP contribution in [0.3, 0.4) is 0 Å². The standard InChI is InChI=1S/C24H39N2O15P3/c1-16(2)7-5-8-17(3)9-6-10-18(4)11-13-24(26-14-12-20(27)25-23(26)30)22(29)21(28)19(39-24)15-38-43(34,35)41-44(36,37)40-42(31,32)33/h7,9,11-12,14,19,21-22,28-29H,5-6,8,10,13,15H2,1-4H3,(H,34,35)(H,36,37)(H,25,27,30)(H2,31,32,33)/t19-,21-,22-,24-/m1/s1. The lowest BCUT2D eigenvalue weighted by molar-refractivity contribution is -0.147. The number of nitrogens with zero attached hydrogens (tertiary/aromatic N) is 1. The fourth-order valence-corrected chi connectivity index (χ4v) is 7.35. The van der Waals surface area contributed by atoms with Gasteiger partial charge in [0.2, 0.25) is 0 Å². The van der Waals surface area contributed by atoms with E-state index >= 15 is 0 Å². The van der Waals surface area contributed by atoms with Gasteiger partial charge in [0, 0.05) is 18.7 Å². The van der Waals surface area contributed by atoms with Crippen LogP contribution in [0.2, 0.25) is 0 Å². The third kappa shape index (κ3) is 11.8. The van der Waals surface area contributed by atoms with E-state index in [-0.39, 0.29) is 6.42 Å². The van der Waals surface area contributed by atoms with E-state index in [1.165, 1.54) is 11.1 Å². The van der Waals surface area contributed by atoms with E-state index in [4.69, 9.17) is 14.5 Å². The average molecular weight is 688 g/mol. The normalized spacial score (nSPS) is 25.8. The van der Waals surface area contributed by atoms with Crippen LogP contribution in [-0.2, 0) is 37.3 Å². The van der Waals surface area contributed by atoms with Gasteiger partial charge >= 0.3 is 29.2 Å². The Hall–Kier alpha value is -1.81. The molecule has 20 heteroatoms. The van der Waals surface area contributed by atoms with Crippen molar-refractivity contribution in [3.05, 3.63) is 68.0 Å². The minimum Gasteiger partial charge on any atom is -0.387 e. The number of aliphatic hydroxyl groups excluding tert-OH is 2. The molecule has 250 valence electrons. The number of hydrogen-bond acceptors (Lipinski definition) is 11. The third-order valence-corrected chi connectivity index (χ3v) is 10.2. The van der Waals surface area contributed by atoms with Crippen molar-refractivity contribution in [1.82, 2.24) is 9.55 Å². The zero-order chi connectivity index (χ0) is 33.5. The molecular formula is C24H39N2O15P3. The molecule has 2 heterocycles. The van der Waals surface area contributed by atoms with E-state index < -0.39 is 65.4 Å². The number of aromatic nitrogens is 2. The molecule has 0 saturated carbocycles. The highest BCUT2D eigenvalue weighted by Crippen LogP contribution is 2.66. The molecule has 6 atom stereocenters. The third-order valence-electron chi connectivity index (χ3n) is 6.44. The molecule has 0 aliphatic carbocycles. The Morgan fingerprint density at radius 3 is 2.11 bits per heavy atom. The summed E-state index contributed by atoms with van der Waals surface area (Å²) in [6.45, 7) is 6.82. The lowest BCUT2D eigenvalue weighted by Gasteiger charge is -2.33. The van der Waals surface area contributed by atoms with E-state index in [0.717, 1.165) is 35.2 Å². The minimum atomic E-state index is -5.80. The molecular weight excluding hydrogens is 649 g/mol. The van der Waals surface area contributed by atoms with Crippen LogP contribution in [0, 0.1) is 0 Å². The zero-order valence-corrected chi connectivity index (χ0v) is 27.2. The molecule has 0 aromatic carbocycles. The van der Waals surface area contributed by atoms with Crippen molar-refractivity contribution < 1.29 is 61.4 Å². The Morgan fingerprint density at radius 2 is 1.55 bits per heavy atom. The van der Waals surface area contributed by atoms with Crippen LogP contribution < -0.4 is 11.2 Å². The fourth-order valence-electron chi connectivity index (χ4n) is 4.32. The van der Waals surface area contributed by atoms with Crippen molar-refractivity contribution in [2.24, 2.45) is 0 Å². The Morgan fingerprint density at radius 1 is 0.955 bits per heavy atom. The molecule has 1 aliphatic heterocycles. The number of phosphoric ester groups is 1. The lowest BCUT2D eigenvalue weighted by Crippen LogP contribution is -2.51. The molecule has 1 fully saturated rings. The molecule has 2 rings (SSSR count). The van der Waals surface area contributed by atoms with Crippen molar-refractivity contribution in [2.75, 3.05) is 6.61 Å². The van der Waals surface area contributed by atoms with Gasteiger partial charge in [-0.3, -0.25) is 18.9 Å². The van der Waals surface area contributed by atoms with Crippen molar-refractivity contribution in [3.63, 3.8) is 0 Å². The van der Waals surface area contributed by atoms with Crippen molar-refractivity contribution in [1.29, 1.82) is 0 Å². The molecule has 44 heavy (non-hydrogen) atoms. The highest BCUT2D eigenvalue weighted by molar-refractivity contribution is 7.66. The zero-order valence-electron chi connectivity index (χ0n) is 24.5. The van der Waals surface area contributed by atoms with Crippen molar-refractivity contribution in [2.45, 2.75) is 83.8 Å². The fraction of sp³-hybridized carbons (Fsp3) is 0.583. The number of H-pyrrole nitrogens is 1. The quantitative estimate of drug-likeness (QED) is 0.0971. The van der Waals surface area contributed by atoms with Gasteiger partial charge in [-0.25, -0.2) is 18.5 Å². The van der Waals surface area contributed by atoms with Gasteiger partial charge in [-0.15, -0.1) is 0 Å². The summed E-state index contributed by atoms with van der Waals surface area (Å²) >= 11 is 0. The minimum absolute atomic E-state index is 0.224. The van der Waals surface area contributed by atoms with Gasteiger partial charge in [-0.1, -0.05) is 34.9 Å². The summed E-state index contributed by atoms with van der Waals surface area (Å²) < 4.78 is 53.1. The van der Waals surface area contributed by atoms with Gasteiger partial charge in [0.05, 0.1) is 6.61 Å². The Kier molecular flexibility index (Phi) is 13.7. The molecule has 7 N–H and O–H groups in total. The number of phosphoric acid groups is 3. The van der Waals surface area contributed by atoms with E-state index in [2.05, 4.69) is 25.3 Å². The largest absolute Gasteiger partial charge is 0.490 e. The molecule has 0 spiro atoms. The van der Waals surface area contributed by atoms with E-state index in [1.54, 1.807) is 13.0 Å². The monoisotopic (exact) mass is 688 g/mol. The molecule has 1 aromatic rings. The Bertz CT molecular complexity index is 1510. The topological polar surface area (TPSA) is 264 Å². The number of nitrogens with one attached hydrogen (secondary N) is 1. The molecule has 0 amide bonds. The van der Waals surface area contributed by atoms with Crippen LogP contribution in [-0.4, -0.2) is 64.3 Å². The van der Waals surface area contributed by atoms with Crippen LogP contribution >= 0.6 is 23.5 Å². The molecule has 1 saturated heterocycles. The van der Waals surface area contributed by atoms with Gasteiger partial charge in [0.15, 0.2) is 5.72 Å². The smallest absolute Gasteiger partial charge is 0.387 e. The maximum absolute atomic E-state index is 12.7. The number of aromatic amines is 1. The predicted molar refractivity (Wildman–Crippen MR) is 156 cm³/mol. The number of rotatable bonds is 16. The summed E-state index contributed by atoms with van der Waals surface area (Å²) in [6, 6.07) is 0.977. The first-order valence-electron chi connectivity index (χ1n) is 13.3.